The highest BCUT2D eigenvalue weighted by Gasteiger charge is 2.26. The molecular weight excluding hydrogens is 236 g/mol. The number of pyridine rings is 1. The molecule has 1 saturated heterocycles. The summed E-state index contributed by atoms with van der Waals surface area (Å²) in [6.45, 7) is 2.25. The topological polar surface area (TPSA) is 41.9 Å². The lowest BCUT2D eigenvalue weighted by Crippen LogP contribution is -2.26. The van der Waals surface area contributed by atoms with Gasteiger partial charge in [0.15, 0.2) is 0 Å². The Balaban J connectivity index is 1.64. The molecule has 1 unspecified atom stereocenters. The molecule has 0 N–H and O–H groups in total. The van der Waals surface area contributed by atoms with E-state index < -0.39 is 0 Å². The summed E-state index contributed by atoms with van der Waals surface area (Å²) in [5.74, 6) is 0. The molecule has 0 radical (unpaired) electrons. The lowest BCUT2D eigenvalue weighted by Gasteiger charge is -2.23. The van der Waals surface area contributed by atoms with Gasteiger partial charge in [-0.25, -0.2) is 9.97 Å². The van der Waals surface area contributed by atoms with Crippen molar-refractivity contribution in [2.24, 2.45) is 0 Å². The highest BCUT2D eigenvalue weighted by molar-refractivity contribution is 5.11. The van der Waals surface area contributed by atoms with Crippen molar-refractivity contribution < 1.29 is 0 Å². The van der Waals surface area contributed by atoms with E-state index in [2.05, 4.69) is 32.0 Å². The van der Waals surface area contributed by atoms with Crippen LogP contribution in [-0.4, -0.2) is 32.9 Å². The molecule has 0 bridgehead atoms. The molecule has 0 amide bonds. The fourth-order valence-corrected chi connectivity index (χ4v) is 2.75. The van der Waals surface area contributed by atoms with E-state index in [9.17, 15) is 0 Å². The van der Waals surface area contributed by atoms with Crippen LogP contribution in [0.25, 0.3) is 0 Å². The van der Waals surface area contributed by atoms with Crippen LogP contribution >= 0.6 is 0 Å². The predicted molar refractivity (Wildman–Crippen MR) is 73.5 cm³/mol. The summed E-state index contributed by atoms with van der Waals surface area (Å²) >= 11 is 0. The van der Waals surface area contributed by atoms with Crippen molar-refractivity contribution in [1.82, 2.24) is 19.9 Å². The molecule has 1 fully saturated rings. The van der Waals surface area contributed by atoms with Crippen LogP contribution in [-0.2, 0) is 6.42 Å². The second kappa shape index (κ2) is 5.89. The van der Waals surface area contributed by atoms with Crippen LogP contribution in [0.5, 0.6) is 0 Å². The van der Waals surface area contributed by atoms with E-state index >= 15 is 0 Å². The summed E-state index contributed by atoms with van der Waals surface area (Å²) in [5.41, 5.74) is 2.51. The fourth-order valence-electron chi connectivity index (χ4n) is 2.75. The summed E-state index contributed by atoms with van der Waals surface area (Å²) in [6.07, 6.45) is 10.7. The van der Waals surface area contributed by atoms with Gasteiger partial charge in [-0.3, -0.25) is 9.88 Å². The van der Waals surface area contributed by atoms with Crippen LogP contribution in [0.15, 0.2) is 43.1 Å². The maximum absolute atomic E-state index is 4.40. The first-order valence-electron chi connectivity index (χ1n) is 6.82. The predicted octanol–water partition coefficient (Wildman–Crippen LogP) is 2.25. The molecule has 1 atom stereocenters. The number of likely N-dealkylation sites (tertiary alicyclic amines) is 1. The van der Waals surface area contributed by atoms with Gasteiger partial charge in [-0.05, 0) is 49.6 Å². The number of hydrogen-bond acceptors (Lipinski definition) is 4. The Hall–Kier alpha value is -1.81. The summed E-state index contributed by atoms with van der Waals surface area (Å²) in [5, 5.41) is 0. The monoisotopic (exact) mass is 254 g/mol. The minimum Gasteiger partial charge on any atom is -0.294 e. The van der Waals surface area contributed by atoms with E-state index in [1.54, 1.807) is 6.33 Å². The third-order valence-corrected chi connectivity index (χ3v) is 3.75. The smallest absolute Gasteiger partial charge is 0.115 e. The number of nitrogens with zero attached hydrogens (tertiary/aromatic N) is 4. The lowest BCUT2D eigenvalue weighted by atomic mass is 10.1. The zero-order chi connectivity index (χ0) is 12.9. The van der Waals surface area contributed by atoms with Crippen molar-refractivity contribution in [1.29, 1.82) is 0 Å². The van der Waals surface area contributed by atoms with Gasteiger partial charge in [-0.1, -0.05) is 0 Å². The van der Waals surface area contributed by atoms with E-state index in [1.807, 2.05) is 24.7 Å². The van der Waals surface area contributed by atoms with Gasteiger partial charge in [0.05, 0.1) is 11.7 Å². The molecule has 98 valence electrons. The fraction of sp³-hybridized carbons (Fsp3) is 0.400. The summed E-state index contributed by atoms with van der Waals surface area (Å²) < 4.78 is 0. The van der Waals surface area contributed by atoms with Gasteiger partial charge in [0, 0.05) is 25.1 Å². The first-order valence-corrected chi connectivity index (χ1v) is 6.82. The number of rotatable bonds is 4. The van der Waals surface area contributed by atoms with E-state index in [4.69, 9.17) is 0 Å². The van der Waals surface area contributed by atoms with Gasteiger partial charge in [-0.15, -0.1) is 0 Å². The SMILES string of the molecule is c1cc(CCN2CCCC2c2ccncn2)ccn1. The van der Waals surface area contributed by atoms with Crippen molar-refractivity contribution in [3.63, 3.8) is 0 Å². The highest BCUT2D eigenvalue weighted by Crippen LogP contribution is 2.30. The molecule has 3 heterocycles. The first kappa shape index (κ1) is 12.2. The van der Waals surface area contributed by atoms with Crippen LogP contribution in [0.2, 0.25) is 0 Å². The molecule has 0 aliphatic carbocycles. The molecule has 1 aliphatic heterocycles. The third-order valence-electron chi connectivity index (χ3n) is 3.75. The molecular formula is C15H18N4. The summed E-state index contributed by atoms with van der Waals surface area (Å²) in [6, 6.07) is 6.69. The van der Waals surface area contributed by atoms with E-state index in [-0.39, 0.29) is 0 Å². The molecule has 4 nitrogen and oxygen atoms in total. The first-order chi connectivity index (χ1) is 9.43. The lowest BCUT2D eigenvalue weighted by molar-refractivity contribution is 0.256. The van der Waals surface area contributed by atoms with Crippen LogP contribution in [0.1, 0.15) is 30.1 Å². The molecule has 0 saturated carbocycles. The van der Waals surface area contributed by atoms with Gasteiger partial charge >= 0.3 is 0 Å². The second-order valence-electron chi connectivity index (χ2n) is 4.93. The maximum atomic E-state index is 4.40. The van der Waals surface area contributed by atoms with Gasteiger partial charge in [-0.2, -0.15) is 0 Å². The quantitative estimate of drug-likeness (QED) is 0.839. The largest absolute Gasteiger partial charge is 0.294 e. The van der Waals surface area contributed by atoms with Crippen LogP contribution < -0.4 is 0 Å². The molecule has 1 aliphatic rings. The molecule has 19 heavy (non-hydrogen) atoms. The van der Waals surface area contributed by atoms with Gasteiger partial charge in [0.1, 0.15) is 6.33 Å². The van der Waals surface area contributed by atoms with Crippen molar-refractivity contribution in [2.45, 2.75) is 25.3 Å². The third kappa shape index (κ3) is 2.96. The maximum Gasteiger partial charge on any atom is 0.115 e. The average molecular weight is 254 g/mol. The normalized spacial score (nSPS) is 19.7. The molecule has 0 spiro atoms. The van der Waals surface area contributed by atoms with Crippen molar-refractivity contribution in [3.05, 3.63) is 54.4 Å². The van der Waals surface area contributed by atoms with E-state index in [1.165, 1.54) is 24.9 Å². The molecule has 3 rings (SSSR count). The zero-order valence-corrected chi connectivity index (χ0v) is 10.9. The van der Waals surface area contributed by atoms with Crippen LogP contribution in [0.4, 0.5) is 0 Å². The van der Waals surface area contributed by atoms with Gasteiger partial charge in [0.25, 0.3) is 0 Å². The van der Waals surface area contributed by atoms with Gasteiger partial charge in [0.2, 0.25) is 0 Å². The summed E-state index contributed by atoms with van der Waals surface area (Å²) in [4.78, 5) is 15.0. The second-order valence-corrected chi connectivity index (χ2v) is 4.93. The molecule has 2 aromatic heterocycles. The number of hydrogen-bond donors (Lipinski definition) is 0. The Morgan fingerprint density at radius 2 is 1.95 bits per heavy atom. The Bertz CT molecular complexity index is 500. The minimum absolute atomic E-state index is 0.463. The Labute approximate surface area is 113 Å². The average Bonchev–Trinajstić information content (AvgIpc) is 2.95. The summed E-state index contributed by atoms with van der Waals surface area (Å²) in [7, 11) is 0. The van der Waals surface area contributed by atoms with Crippen molar-refractivity contribution >= 4 is 0 Å². The minimum atomic E-state index is 0.463. The van der Waals surface area contributed by atoms with Crippen LogP contribution in [0.3, 0.4) is 0 Å². The molecule has 4 heteroatoms. The standard InChI is InChI=1S/C15H18N4/c1-2-15(14-5-9-17-12-18-14)19(10-1)11-6-13-3-7-16-8-4-13/h3-5,7-9,12,15H,1-2,6,10-11H2. The Morgan fingerprint density at radius 3 is 2.74 bits per heavy atom. The van der Waals surface area contributed by atoms with E-state index in [0.717, 1.165) is 18.7 Å². The molecule has 0 aromatic carbocycles. The van der Waals surface area contributed by atoms with Crippen molar-refractivity contribution in [3.8, 4) is 0 Å². The van der Waals surface area contributed by atoms with Crippen LogP contribution in [0, 0.1) is 0 Å². The number of aromatic nitrogens is 3. The van der Waals surface area contributed by atoms with Crippen molar-refractivity contribution in [2.75, 3.05) is 13.1 Å². The molecule has 2 aromatic rings. The van der Waals surface area contributed by atoms with E-state index in [0.29, 0.717) is 6.04 Å². The zero-order valence-electron chi connectivity index (χ0n) is 10.9. The Morgan fingerprint density at radius 1 is 1.11 bits per heavy atom. The highest BCUT2D eigenvalue weighted by atomic mass is 15.2. The van der Waals surface area contributed by atoms with Gasteiger partial charge < -0.3 is 0 Å². The Kier molecular flexibility index (Phi) is 3.79.